The van der Waals surface area contributed by atoms with Crippen molar-refractivity contribution in [1.29, 1.82) is 0 Å². The zero-order chi connectivity index (χ0) is 19.4. The predicted molar refractivity (Wildman–Crippen MR) is 100 cm³/mol. The molecule has 2 amide bonds. The van der Waals surface area contributed by atoms with Gasteiger partial charge in [-0.05, 0) is 56.2 Å². The van der Waals surface area contributed by atoms with Gasteiger partial charge in [0.05, 0.1) is 26.2 Å². The van der Waals surface area contributed by atoms with Gasteiger partial charge in [0.15, 0.2) is 11.5 Å². The third kappa shape index (κ3) is 4.28. The van der Waals surface area contributed by atoms with Crippen LogP contribution in [0.4, 0.5) is 4.79 Å². The van der Waals surface area contributed by atoms with Crippen molar-refractivity contribution < 1.29 is 24.2 Å². The quantitative estimate of drug-likeness (QED) is 0.824. The number of hydrogen-bond donors (Lipinski definition) is 2. The summed E-state index contributed by atoms with van der Waals surface area (Å²) in [6.07, 6.45) is 4.56. The number of amides is 2. The van der Waals surface area contributed by atoms with E-state index in [2.05, 4.69) is 5.32 Å². The van der Waals surface area contributed by atoms with Gasteiger partial charge in [-0.3, -0.25) is 4.79 Å². The van der Waals surface area contributed by atoms with Gasteiger partial charge in [0.25, 0.3) is 0 Å². The molecule has 2 N–H and O–H groups in total. The second-order valence-electron chi connectivity index (χ2n) is 7.30. The smallest absolute Gasteiger partial charge is 0.318 e. The molecule has 1 aromatic carbocycles. The van der Waals surface area contributed by atoms with Gasteiger partial charge in [0.2, 0.25) is 0 Å². The monoisotopic (exact) mass is 376 g/mol. The Balaban J connectivity index is 1.64. The molecule has 148 valence electrons. The number of aliphatic carboxylic acids is 1. The van der Waals surface area contributed by atoms with Gasteiger partial charge in [0, 0.05) is 12.6 Å². The summed E-state index contributed by atoms with van der Waals surface area (Å²) in [5.74, 6) is 0.331. The first-order valence-corrected chi connectivity index (χ1v) is 9.55. The van der Waals surface area contributed by atoms with E-state index in [-0.39, 0.29) is 24.0 Å². The third-order valence-corrected chi connectivity index (χ3v) is 5.71. The number of hydrogen-bond acceptors (Lipinski definition) is 4. The zero-order valence-corrected chi connectivity index (χ0v) is 15.9. The van der Waals surface area contributed by atoms with Crippen LogP contribution in [0.2, 0.25) is 0 Å². The molecular weight excluding hydrogens is 348 g/mol. The normalized spacial score (nSPS) is 25.1. The van der Waals surface area contributed by atoms with Crippen LogP contribution in [0.15, 0.2) is 18.2 Å². The standard InChI is InChI=1S/C20H28N2O5/c1-26-17-10-7-14(12-18(17)27-2)16-4-3-11-22(16)20(25)21-15-8-5-13(6-9-15)19(23)24/h7,10,12-13,15-16H,3-6,8-9,11H2,1-2H3,(H,21,25)(H,23,24). The topological polar surface area (TPSA) is 88.1 Å². The van der Waals surface area contributed by atoms with Crippen molar-refractivity contribution in [1.82, 2.24) is 10.2 Å². The number of ether oxygens (including phenoxy) is 2. The third-order valence-electron chi connectivity index (χ3n) is 5.71. The summed E-state index contributed by atoms with van der Waals surface area (Å²) in [4.78, 5) is 25.8. The van der Waals surface area contributed by atoms with Gasteiger partial charge in [-0.25, -0.2) is 4.79 Å². The van der Waals surface area contributed by atoms with Gasteiger partial charge in [-0.1, -0.05) is 6.07 Å². The number of carboxylic acids is 1. The van der Waals surface area contributed by atoms with Crippen molar-refractivity contribution in [2.75, 3.05) is 20.8 Å². The van der Waals surface area contributed by atoms with Crippen LogP contribution in [0.5, 0.6) is 11.5 Å². The van der Waals surface area contributed by atoms with Crippen molar-refractivity contribution in [2.24, 2.45) is 5.92 Å². The highest BCUT2D eigenvalue weighted by Crippen LogP contribution is 2.37. The second kappa shape index (κ2) is 8.50. The highest BCUT2D eigenvalue weighted by Gasteiger charge is 2.33. The summed E-state index contributed by atoms with van der Waals surface area (Å²) in [5.41, 5.74) is 1.04. The van der Waals surface area contributed by atoms with Crippen LogP contribution in [0.3, 0.4) is 0 Å². The molecule has 0 spiro atoms. The first-order chi connectivity index (χ1) is 13.0. The highest BCUT2D eigenvalue weighted by atomic mass is 16.5. The van der Waals surface area contributed by atoms with Gasteiger partial charge < -0.3 is 24.8 Å². The van der Waals surface area contributed by atoms with Gasteiger partial charge in [-0.15, -0.1) is 0 Å². The van der Waals surface area contributed by atoms with Crippen molar-refractivity contribution in [3.05, 3.63) is 23.8 Å². The minimum Gasteiger partial charge on any atom is -0.493 e. The van der Waals surface area contributed by atoms with Crippen LogP contribution in [0.1, 0.15) is 50.1 Å². The fraction of sp³-hybridized carbons (Fsp3) is 0.600. The van der Waals surface area contributed by atoms with E-state index in [0.717, 1.165) is 37.8 Å². The molecule has 27 heavy (non-hydrogen) atoms. The van der Waals surface area contributed by atoms with Crippen molar-refractivity contribution in [3.8, 4) is 11.5 Å². The van der Waals surface area contributed by atoms with E-state index in [4.69, 9.17) is 14.6 Å². The van der Waals surface area contributed by atoms with Crippen molar-refractivity contribution in [2.45, 2.75) is 50.6 Å². The molecule has 1 aliphatic heterocycles. The Labute approximate surface area is 159 Å². The summed E-state index contributed by atoms with van der Waals surface area (Å²) in [6, 6.07) is 5.80. The van der Waals surface area contributed by atoms with E-state index in [0.29, 0.717) is 24.3 Å². The van der Waals surface area contributed by atoms with Crippen LogP contribution in [-0.4, -0.2) is 48.8 Å². The molecule has 7 heteroatoms. The molecule has 0 radical (unpaired) electrons. The minimum absolute atomic E-state index is 0.0140. The number of likely N-dealkylation sites (tertiary alicyclic amines) is 1. The lowest BCUT2D eigenvalue weighted by Gasteiger charge is -2.31. The fourth-order valence-corrected chi connectivity index (χ4v) is 4.16. The van der Waals surface area contributed by atoms with Crippen LogP contribution < -0.4 is 14.8 Å². The second-order valence-corrected chi connectivity index (χ2v) is 7.30. The van der Waals surface area contributed by atoms with Crippen LogP contribution in [-0.2, 0) is 4.79 Å². The summed E-state index contributed by atoms with van der Waals surface area (Å²) in [6.45, 7) is 0.718. The molecule has 3 rings (SSSR count). The lowest BCUT2D eigenvalue weighted by Crippen LogP contribution is -2.46. The van der Waals surface area contributed by atoms with Crippen molar-refractivity contribution in [3.63, 3.8) is 0 Å². The maximum atomic E-state index is 12.8. The molecule has 2 fully saturated rings. The molecule has 2 aliphatic rings. The number of urea groups is 1. The Morgan fingerprint density at radius 3 is 2.41 bits per heavy atom. The number of carbonyl (C=O) groups is 2. The Hall–Kier alpha value is -2.44. The highest BCUT2D eigenvalue weighted by molar-refractivity contribution is 5.75. The van der Waals surface area contributed by atoms with E-state index >= 15 is 0 Å². The van der Waals surface area contributed by atoms with Crippen LogP contribution in [0, 0.1) is 5.92 Å². The van der Waals surface area contributed by atoms with Crippen molar-refractivity contribution >= 4 is 12.0 Å². The first kappa shape index (κ1) is 19.3. The molecule has 0 aromatic heterocycles. The fourth-order valence-electron chi connectivity index (χ4n) is 4.16. The average molecular weight is 376 g/mol. The zero-order valence-electron chi connectivity index (χ0n) is 15.9. The molecule has 1 unspecified atom stereocenters. The number of carbonyl (C=O) groups excluding carboxylic acids is 1. The predicted octanol–water partition coefficient (Wildman–Crippen LogP) is 3.19. The van der Waals surface area contributed by atoms with Gasteiger partial charge in [-0.2, -0.15) is 0 Å². The Kier molecular flexibility index (Phi) is 6.08. The molecule has 1 atom stereocenters. The molecule has 1 saturated heterocycles. The number of carboxylic acid groups (broad SMARTS) is 1. The molecule has 0 bridgehead atoms. The largest absolute Gasteiger partial charge is 0.493 e. The SMILES string of the molecule is COc1ccc(C2CCCN2C(=O)NC2CCC(C(=O)O)CC2)cc1OC. The first-order valence-electron chi connectivity index (χ1n) is 9.55. The van der Waals surface area contributed by atoms with Gasteiger partial charge >= 0.3 is 12.0 Å². The summed E-state index contributed by atoms with van der Waals surface area (Å²) < 4.78 is 10.7. The molecule has 1 heterocycles. The summed E-state index contributed by atoms with van der Waals surface area (Å²) in [5, 5.41) is 12.2. The molecule has 7 nitrogen and oxygen atoms in total. The number of benzene rings is 1. The maximum Gasteiger partial charge on any atom is 0.318 e. The Morgan fingerprint density at radius 2 is 1.78 bits per heavy atom. The Bertz CT molecular complexity index is 685. The van der Waals surface area contributed by atoms with E-state index in [1.165, 1.54) is 0 Å². The lowest BCUT2D eigenvalue weighted by molar-refractivity contribution is -0.142. The molecule has 1 aromatic rings. The lowest BCUT2D eigenvalue weighted by atomic mass is 9.86. The minimum atomic E-state index is -0.729. The van der Waals surface area contributed by atoms with E-state index in [1.807, 2.05) is 23.1 Å². The summed E-state index contributed by atoms with van der Waals surface area (Å²) in [7, 11) is 3.21. The number of rotatable bonds is 5. The molecule has 1 saturated carbocycles. The summed E-state index contributed by atoms with van der Waals surface area (Å²) >= 11 is 0. The number of methoxy groups -OCH3 is 2. The Morgan fingerprint density at radius 1 is 1.07 bits per heavy atom. The molecular formula is C20H28N2O5. The van der Waals surface area contributed by atoms with E-state index in [1.54, 1.807) is 14.2 Å². The van der Waals surface area contributed by atoms with Crippen LogP contribution in [0.25, 0.3) is 0 Å². The van der Waals surface area contributed by atoms with E-state index in [9.17, 15) is 9.59 Å². The average Bonchev–Trinajstić information content (AvgIpc) is 3.17. The van der Waals surface area contributed by atoms with E-state index < -0.39 is 5.97 Å². The number of nitrogens with zero attached hydrogens (tertiary/aromatic N) is 1. The molecule has 1 aliphatic carbocycles. The number of nitrogens with one attached hydrogen (secondary N) is 1. The maximum absolute atomic E-state index is 12.8. The van der Waals surface area contributed by atoms with Crippen LogP contribution >= 0.6 is 0 Å². The van der Waals surface area contributed by atoms with Gasteiger partial charge in [0.1, 0.15) is 0 Å².